The molecule has 0 saturated carbocycles. The van der Waals surface area contributed by atoms with Gasteiger partial charge in [0.05, 0.1) is 0 Å². The van der Waals surface area contributed by atoms with Crippen molar-refractivity contribution in [1.82, 2.24) is 3.12 Å². The first-order chi connectivity index (χ1) is 5.15. The molecule has 0 aliphatic carbocycles. The van der Waals surface area contributed by atoms with E-state index in [1.54, 1.807) is 0 Å². The third-order valence-electron chi connectivity index (χ3n) is 1.15. The number of urea groups is 1. The molecule has 1 aliphatic rings. The Bertz CT molecular complexity index is 260. The number of carbonyl (C=O) groups excluding carboxylic acids is 3. The first-order valence-electron chi connectivity index (χ1n) is 2.76. The van der Waals surface area contributed by atoms with E-state index < -0.39 is 6.03 Å². The van der Waals surface area contributed by atoms with Gasteiger partial charge in [0, 0.05) is 0 Å². The second-order valence-corrected chi connectivity index (χ2v) is 3.19. The van der Waals surface area contributed by atoms with E-state index in [-0.39, 0.29) is 18.0 Å². The number of hydrogen-bond acceptors (Lipinski definition) is 3. The van der Waals surface area contributed by atoms with Gasteiger partial charge in [-0.05, 0) is 0 Å². The van der Waals surface area contributed by atoms with Crippen LogP contribution in [-0.2, 0) is 9.59 Å². The van der Waals surface area contributed by atoms with Gasteiger partial charge in [0.2, 0.25) is 0 Å². The topological polar surface area (TPSA) is 66.8 Å². The van der Waals surface area contributed by atoms with Crippen LogP contribution in [0.4, 0.5) is 4.79 Å². The summed E-state index contributed by atoms with van der Waals surface area (Å²) in [7, 11) is 0. The Morgan fingerprint density at radius 1 is 1.55 bits per heavy atom. The zero-order valence-corrected chi connectivity index (χ0v) is 8.26. The molecule has 5 nitrogen and oxygen atoms in total. The van der Waals surface area contributed by atoms with Crippen LogP contribution in [0.15, 0.2) is 4.99 Å². The Morgan fingerprint density at radius 2 is 2.18 bits per heavy atom. The fraction of sp³-hybridized carbons (Fsp3) is 0.200. The van der Waals surface area contributed by atoms with Crippen molar-refractivity contribution in [3.63, 3.8) is 0 Å². The molecule has 0 aromatic carbocycles. The van der Waals surface area contributed by atoms with Gasteiger partial charge in [0.25, 0.3) is 0 Å². The van der Waals surface area contributed by atoms with E-state index in [2.05, 4.69) is 4.99 Å². The minimum atomic E-state index is -0.637. The van der Waals surface area contributed by atoms with Crippen LogP contribution >= 0.6 is 0 Å². The summed E-state index contributed by atoms with van der Waals surface area (Å²) in [6.07, 6.45) is 0.374. The molecule has 1 rings (SSSR count). The van der Waals surface area contributed by atoms with E-state index in [0.717, 1.165) is 3.12 Å². The number of imide groups is 1. The molecule has 55 valence electrons. The molecule has 3 radical (unpaired) electrons. The molecule has 0 bridgehead atoms. The van der Waals surface area contributed by atoms with Gasteiger partial charge in [0.15, 0.2) is 0 Å². The van der Waals surface area contributed by atoms with Crippen LogP contribution in [0.2, 0.25) is 0 Å². The van der Waals surface area contributed by atoms with Gasteiger partial charge in [0.1, 0.15) is 0 Å². The Labute approximate surface area is 75.9 Å². The van der Waals surface area contributed by atoms with Crippen molar-refractivity contribution in [2.45, 2.75) is 6.42 Å². The average molecular weight is 258 g/mol. The quantitative estimate of drug-likeness (QED) is 0.450. The van der Waals surface area contributed by atoms with E-state index in [4.69, 9.17) is 0 Å². The van der Waals surface area contributed by atoms with Crippen molar-refractivity contribution in [2.24, 2.45) is 4.99 Å². The van der Waals surface area contributed by atoms with E-state index in [1.807, 2.05) is 0 Å². The maximum absolute atomic E-state index is 10.9. The zero-order chi connectivity index (χ0) is 8.43. The molecule has 0 unspecified atom stereocenters. The summed E-state index contributed by atoms with van der Waals surface area (Å²) in [5, 5.41) is 0. The Balaban J connectivity index is 2.93. The maximum atomic E-state index is 10.9. The summed E-state index contributed by atoms with van der Waals surface area (Å²) in [6, 6.07) is -0.637. The summed E-state index contributed by atoms with van der Waals surface area (Å²) < 4.78 is 0.972. The van der Waals surface area contributed by atoms with Crippen LogP contribution < -0.4 is 0 Å². The first kappa shape index (κ1) is 8.38. The molecule has 0 atom stereocenters. The number of nitrogens with zero attached hydrogens (tertiary/aromatic N) is 2. The predicted octanol–water partition coefficient (Wildman–Crippen LogP) is -0.938. The van der Waals surface area contributed by atoms with Gasteiger partial charge in [-0.3, -0.25) is 0 Å². The number of hydrogen-bond donors (Lipinski definition) is 0. The Morgan fingerprint density at radius 3 is 2.64 bits per heavy atom. The van der Waals surface area contributed by atoms with Crippen molar-refractivity contribution in [1.29, 1.82) is 0 Å². The first-order valence-corrected chi connectivity index (χ1v) is 4.03. The predicted molar refractivity (Wildman–Crippen MR) is 36.1 cm³/mol. The number of aliphatic imine (C=N–C) groups is 1. The number of aldehydes is 1. The minimum absolute atomic E-state index is 0.0126. The van der Waals surface area contributed by atoms with Crippen molar-refractivity contribution in [3.05, 3.63) is 0 Å². The summed E-state index contributed by atoms with van der Waals surface area (Å²) in [5.74, 6) is -0.356. The van der Waals surface area contributed by atoms with Gasteiger partial charge in [-0.25, -0.2) is 0 Å². The van der Waals surface area contributed by atoms with Crippen LogP contribution in [0.25, 0.3) is 0 Å². The molecule has 6 heteroatoms. The molecule has 0 aromatic heterocycles. The molecule has 0 fully saturated rings. The third-order valence-corrected chi connectivity index (χ3v) is 2.41. The van der Waals surface area contributed by atoms with Crippen LogP contribution in [-0.4, -0.2) is 49.9 Å². The van der Waals surface area contributed by atoms with E-state index in [0.29, 0.717) is 29.1 Å². The monoisotopic (exact) mass is 259 g/mol. The van der Waals surface area contributed by atoms with Gasteiger partial charge < -0.3 is 0 Å². The fourth-order valence-electron chi connectivity index (χ4n) is 0.621. The van der Waals surface area contributed by atoms with Crippen LogP contribution in [0.1, 0.15) is 6.42 Å². The van der Waals surface area contributed by atoms with Crippen LogP contribution in [0.3, 0.4) is 0 Å². The van der Waals surface area contributed by atoms with Crippen LogP contribution in [0, 0.1) is 0 Å². The molecule has 0 N–H and O–H groups in total. The molecular weight excluding hydrogens is 255 g/mol. The summed E-state index contributed by atoms with van der Waals surface area (Å²) in [5.41, 5.74) is 0.0126. The standard InChI is InChI=1S/C5H4N2O3.Sn/c8-2-3-1-4(9)7-5(10)6-3;/h2H,1H2,(H,7,9,10);/q;+1/p-1. The molecule has 0 spiro atoms. The number of amides is 3. The van der Waals surface area contributed by atoms with Gasteiger partial charge in [-0.1, -0.05) is 0 Å². The van der Waals surface area contributed by atoms with Crippen molar-refractivity contribution >= 4 is 46.7 Å². The zero-order valence-electron chi connectivity index (χ0n) is 5.40. The molecule has 0 aromatic rings. The molecular formula is C5H3N2O3Sn. The van der Waals surface area contributed by atoms with Crippen molar-refractivity contribution in [2.75, 3.05) is 0 Å². The van der Waals surface area contributed by atoms with Crippen LogP contribution in [0.5, 0.6) is 0 Å². The van der Waals surface area contributed by atoms with Gasteiger partial charge >= 0.3 is 75.7 Å². The van der Waals surface area contributed by atoms with Gasteiger partial charge in [-0.2, -0.15) is 0 Å². The summed E-state index contributed by atoms with van der Waals surface area (Å²) >= 11 is 0.677. The molecule has 1 aliphatic heterocycles. The molecule has 3 amide bonds. The number of rotatable bonds is 1. The van der Waals surface area contributed by atoms with E-state index in [1.165, 1.54) is 0 Å². The normalized spacial score (nSPS) is 18.3. The second-order valence-electron chi connectivity index (χ2n) is 1.91. The summed E-state index contributed by atoms with van der Waals surface area (Å²) in [4.78, 5) is 35.1. The third kappa shape index (κ3) is 1.65. The Hall–Kier alpha value is -0.721. The van der Waals surface area contributed by atoms with E-state index >= 15 is 0 Å². The fourth-order valence-corrected chi connectivity index (χ4v) is 0.989. The van der Waals surface area contributed by atoms with Crippen molar-refractivity contribution in [3.8, 4) is 0 Å². The van der Waals surface area contributed by atoms with Gasteiger partial charge in [-0.15, -0.1) is 0 Å². The van der Waals surface area contributed by atoms with Crippen molar-refractivity contribution < 1.29 is 14.4 Å². The summed E-state index contributed by atoms with van der Waals surface area (Å²) in [6.45, 7) is 0. The molecule has 1 heterocycles. The van der Waals surface area contributed by atoms with E-state index in [9.17, 15) is 14.4 Å². The molecule has 11 heavy (non-hydrogen) atoms. The second kappa shape index (κ2) is 3.12. The number of carbonyl (C=O) groups is 3. The molecule has 0 saturated heterocycles. The Kier molecular flexibility index (Phi) is 2.38. The SMILES string of the molecule is O=CC1=NC(=O)[N]([Sn])C(=O)C1. The average Bonchev–Trinajstić information content (AvgIpc) is 1.99.